The summed E-state index contributed by atoms with van der Waals surface area (Å²) in [5, 5.41) is 8.47. The first-order valence-corrected chi connectivity index (χ1v) is 6.53. The SMILES string of the molecule is O=C(O)CCCCCCCCC#Cc1ccco1. The first-order chi connectivity index (χ1) is 8.79. The molecular weight excluding hydrogens is 228 g/mol. The number of furan rings is 1. The molecule has 3 nitrogen and oxygen atoms in total. The van der Waals surface area contributed by atoms with Crippen molar-refractivity contribution in [2.75, 3.05) is 0 Å². The number of aliphatic carboxylic acids is 1. The number of carboxylic acid groups (broad SMARTS) is 1. The molecule has 0 saturated heterocycles. The summed E-state index contributed by atoms with van der Waals surface area (Å²) in [6.07, 6.45) is 9.21. The highest BCUT2D eigenvalue weighted by Crippen LogP contribution is 2.08. The van der Waals surface area contributed by atoms with E-state index in [1.165, 1.54) is 12.8 Å². The van der Waals surface area contributed by atoms with Gasteiger partial charge < -0.3 is 9.52 Å². The Labute approximate surface area is 108 Å². The van der Waals surface area contributed by atoms with Crippen LogP contribution in [0, 0.1) is 11.8 Å². The smallest absolute Gasteiger partial charge is 0.303 e. The molecule has 3 heteroatoms. The van der Waals surface area contributed by atoms with Crippen molar-refractivity contribution < 1.29 is 14.3 Å². The lowest BCUT2D eigenvalue weighted by Crippen LogP contribution is -1.93. The van der Waals surface area contributed by atoms with E-state index in [1.54, 1.807) is 6.26 Å². The van der Waals surface area contributed by atoms with Crippen molar-refractivity contribution in [2.45, 2.75) is 51.4 Å². The van der Waals surface area contributed by atoms with E-state index in [9.17, 15) is 4.79 Å². The van der Waals surface area contributed by atoms with Crippen molar-refractivity contribution >= 4 is 5.97 Å². The first kappa shape index (κ1) is 14.4. The molecular formula is C15H20O3. The molecule has 18 heavy (non-hydrogen) atoms. The number of hydrogen-bond acceptors (Lipinski definition) is 2. The highest BCUT2D eigenvalue weighted by molar-refractivity contribution is 5.66. The van der Waals surface area contributed by atoms with Gasteiger partial charge in [0.15, 0.2) is 5.76 Å². The molecule has 1 rings (SSSR count). The van der Waals surface area contributed by atoms with Gasteiger partial charge in [-0.2, -0.15) is 0 Å². The summed E-state index contributed by atoms with van der Waals surface area (Å²) in [6.45, 7) is 0. The fourth-order valence-corrected chi connectivity index (χ4v) is 1.70. The van der Waals surface area contributed by atoms with E-state index < -0.39 is 5.97 Å². The fourth-order valence-electron chi connectivity index (χ4n) is 1.70. The topological polar surface area (TPSA) is 50.4 Å². The summed E-state index contributed by atoms with van der Waals surface area (Å²) >= 11 is 0. The maximum atomic E-state index is 10.3. The van der Waals surface area contributed by atoms with Crippen LogP contribution in [0.5, 0.6) is 0 Å². The van der Waals surface area contributed by atoms with Gasteiger partial charge in [0.05, 0.1) is 6.26 Å². The van der Waals surface area contributed by atoms with E-state index in [4.69, 9.17) is 9.52 Å². The van der Waals surface area contributed by atoms with Crippen LogP contribution >= 0.6 is 0 Å². The van der Waals surface area contributed by atoms with Gasteiger partial charge in [-0.05, 0) is 30.9 Å². The van der Waals surface area contributed by atoms with Gasteiger partial charge >= 0.3 is 5.97 Å². The summed E-state index contributed by atoms with van der Waals surface area (Å²) in [4.78, 5) is 10.3. The van der Waals surface area contributed by atoms with E-state index in [-0.39, 0.29) is 0 Å². The van der Waals surface area contributed by atoms with Gasteiger partial charge in [0.2, 0.25) is 0 Å². The van der Waals surface area contributed by atoms with E-state index in [0.717, 1.165) is 37.9 Å². The molecule has 0 atom stereocenters. The second kappa shape index (κ2) is 9.35. The Morgan fingerprint density at radius 1 is 1.17 bits per heavy atom. The highest BCUT2D eigenvalue weighted by Gasteiger charge is 1.96. The van der Waals surface area contributed by atoms with E-state index in [2.05, 4.69) is 11.8 Å². The molecule has 1 aromatic heterocycles. The maximum Gasteiger partial charge on any atom is 0.303 e. The molecule has 0 fully saturated rings. The average Bonchev–Trinajstić information content (AvgIpc) is 2.84. The minimum Gasteiger partial charge on any atom is -0.481 e. The molecule has 0 saturated carbocycles. The number of unbranched alkanes of at least 4 members (excludes halogenated alkanes) is 6. The van der Waals surface area contributed by atoms with Gasteiger partial charge in [-0.3, -0.25) is 4.79 Å². The van der Waals surface area contributed by atoms with Gasteiger partial charge in [-0.25, -0.2) is 0 Å². The van der Waals surface area contributed by atoms with Gasteiger partial charge in [0, 0.05) is 12.8 Å². The number of hydrogen-bond donors (Lipinski definition) is 1. The van der Waals surface area contributed by atoms with Crippen LogP contribution < -0.4 is 0 Å². The largest absolute Gasteiger partial charge is 0.481 e. The van der Waals surface area contributed by atoms with Crippen LogP contribution in [0.3, 0.4) is 0 Å². The Hall–Kier alpha value is -1.69. The molecule has 1 heterocycles. The van der Waals surface area contributed by atoms with Crippen molar-refractivity contribution in [3.8, 4) is 11.8 Å². The van der Waals surface area contributed by atoms with Crippen molar-refractivity contribution in [1.82, 2.24) is 0 Å². The maximum absolute atomic E-state index is 10.3. The molecule has 1 N–H and O–H groups in total. The first-order valence-electron chi connectivity index (χ1n) is 6.53. The molecule has 0 bridgehead atoms. The third-order valence-electron chi connectivity index (χ3n) is 2.68. The second-order valence-electron chi connectivity index (χ2n) is 4.29. The molecule has 0 spiro atoms. The second-order valence-corrected chi connectivity index (χ2v) is 4.29. The van der Waals surface area contributed by atoms with Gasteiger partial charge in [-0.15, -0.1) is 0 Å². The number of rotatable bonds is 8. The van der Waals surface area contributed by atoms with Crippen molar-refractivity contribution in [3.05, 3.63) is 24.2 Å². The summed E-state index contributed by atoms with van der Waals surface area (Å²) in [5.74, 6) is 6.08. The van der Waals surface area contributed by atoms with E-state index in [0.29, 0.717) is 6.42 Å². The predicted molar refractivity (Wildman–Crippen MR) is 70.2 cm³/mol. The third-order valence-corrected chi connectivity index (χ3v) is 2.68. The molecule has 0 amide bonds. The molecule has 0 unspecified atom stereocenters. The molecule has 0 aliphatic carbocycles. The average molecular weight is 248 g/mol. The summed E-state index contributed by atoms with van der Waals surface area (Å²) in [5.41, 5.74) is 0. The molecule has 0 aliphatic heterocycles. The Morgan fingerprint density at radius 3 is 2.56 bits per heavy atom. The van der Waals surface area contributed by atoms with Crippen LogP contribution in [0.2, 0.25) is 0 Å². The fraction of sp³-hybridized carbons (Fsp3) is 0.533. The molecule has 0 radical (unpaired) electrons. The predicted octanol–water partition coefficient (Wildman–Crippen LogP) is 3.84. The Kier molecular flexibility index (Phi) is 7.47. The van der Waals surface area contributed by atoms with Crippen LogP contribution in [0.4, 0.5) is 0 Å². The zero-order chi connectivity index (χ0) is 13.1. The standard InChI is InChI=1S/C15H20O3/c16-15(17)12-8-6-4-2-1-3-5-7-10-14-11-9-13-18-14/h9,11,13H,1-6,8,12H2,(H,16,17). The Balaban J connectivity index is 1.88. The molecule has 0 aliphatic rings. The van der Waals surface area contributed by atoms with E-state index >= 15 is 0 Å². The summed E-state index contributed by atoms with van der Waals surface area (Å²) in [6, 6.07) is 3.69. The monoisotopic (exact) mass is 248 g/mol. The minimum atomic E-state index is -0.691. The quantitative estimate of drug-likeness (QED) is 0.561. The van der Waals surface area contributed by atoms with Crippen molar-refractivity contribution in [3.63, 3.8) is 0 Å². The lowest BCUT2D eigenvalue weighted by atomic mass is 10.1. The van der Waals surface area contributed by atoms with Crippen molar-refractivity contribution in [2.24, 2.45) is 0 Å². The van der Waals surface area contributed by atoms with Gasteiger partial charge in [0.25, 0.3) is 0 Å². The van der Waals surface area contributed by atoms with Crippen LogP contribution in [0.1, 0.15) is 57.1 Å². The highest BCUT2D eigenvalue weighted by atomic mass is 16.4. The molecule has 1 aromatic rings. The van der Waals surface area contributed by atoms with Crippen LogP contribution in [-0.2, 0) is 4.79 Å². The lowest BCUT2D eigenvalue weighted by molar-refractivity contribution is -0.137. The van der Waals surface area contributed by atoms with E-state index in [1.807, 2.05) is 12.1 Å². The van der Waals surface area contributed by atoms with Crippen LogP contribution in [0.25, 0.3) is 0 Å². The minimum absolute atomic E-state index is 0.300. The lowest BCUT2D eigenvalue weighted by Gasteiger charge is -1.98. The molecule has 0 aromatic carbocycles. The number of carbonyl (C=O) groups is 1. The number of carboxylic acids is 1. The van der Waals surface area contributed by atoms with Crippen LogP contribution in [-0.4, -0.2) is 11.1 Å². The summed E-state index contributed by atoms with van der Waals surface area (Å²) < 4.78 is 5.10. The van der Waals surface area contributed by atoms with Gasteiger partial charge in [0.1, 0.15) is 0 Å². The van der Waals surface area contributed by atoms with Crippen LogP contribution in [0.15, 0.2) is 22.8 Å². The molecule has 98 valence electrons. The van der Waals surface area contributed by atoms with Gasteiger partial charge in [-0.1, -0.05) is 31.6 Å². The zero-order valence-corrected chi connectivity index (χ0v) is 10.7. The third kappa shape index (κ3) is 7.56. The normalized spacial score (nSPS) is 9.78. The summed E-state index contributed by atoms with van der Waals surface area (Å²) in [7, 11) is 0. The van der Waals surface area contributed by atoms with Crippen molar-refractivity contribution in [1.29, 1.82) is 0 Å². The zero-order valence-electron chi connectivity index (χ0n) is 10.7. The Bertz CT molecular complexity index is 382. The Morgan fingerprint density at radius 2 is 1.89 bits per heavy atom.